The molecule has 1 aromatic carbocycles. The summed E-state index contributed by atoms with van der Waals surface area (Å²) in [7, 11) is -3.81. The summed E-state index contributed by atoms with van der Waals surface area (Å²) < 4.78 is 32.6. The standard InChI is InChI=1S/C23H28N4O5S/c28-21-15-27(14-13-24-21)33(30,31)19-10-8-18(9-11-19)23(29)26-22-20(7-4-12-25-22)32-16-17-5-2-1-3-6-17/h4,7-12,17H,1-3,5-6,13-16H2,(H,24,28)(H,25,26,29). The van der Waals surface area contributed by atoms with Crippen molar-refractivity contribution in [2.45, 2.75) is 37.0 Å². The second-order valence-electron chi connectivity index (χ2n) is 8.33. The summed E-state index contributed by atoms with van der Waals surface area (Å²) in [6.45, 7) is 0.858. The predicted octanol–water partition coefficient (Wildman–Crippen LogP) is 2.41. The van der Waals surface area contributed by atoms with Crippen molar-refractivity contribution >= 4 is 27.7 Å². The number of pyridine rings is 1. The molecule has 0 radical (unpaired) electrons. The number of carbonyl (C=O) groups is 2. The minimum Gasteiger partial charge on any atom is -0.489 e. The molecule has 4 rings (SSSR count). The Hall–Kier alpha value is -2.98. The van der Waals surface area contributed by atoms with Crippen LogP contribution in [0.3, 0.4) is 0 Å². The van der Waals surface area contributed by atoms with E-state index in [4.69, 9.17) is 4.74 Å². The molecule has 2 heterocycles. The molecule has 1 aromatic heterocycles. The molecule has 1 aliphatic carbocycles. The van der Waals surface area contributed by atoms with Gasteiger partial charge in [-0.1, -0.05) is 19.3 Å². The largest absolute Gasteiger partial charge is 0.489 e. The lowest BCUT2D eigenvalue weighted by molar-refractivity contribution is -0.122. The van der Waals surface area contributed by atoms with Gasteiger partial charge in [0.2, 0.25) is 15.9 Å². The van der Waals surface area contributed by atoms with Gasteiger partial charge < -0.3 is 15.4 Å². The van der Waals surface area contributed by atoms with Crippen LogP contribution in [0.2, 0.25) is 0 Å². The van der Waals surface area contributed by atoms with Gasteiger partial charge in [-0.15, -0.1) is 0 Å². The first-order valence-electron chi connectivity index (χ1n) is 11.2. The van der Waals surface area contributed by atoms with Gasteiger partial charge in [-0.25, -0.2) is 13.4 Å². The number of hydrogen-bond acceptors (Lipinski definition) is 6. The second-order valence-corrected chi connectivity index (χ2v) is 10.3. The lowest BCUT2D eigenvalue weighted by Crippen LogP contribution is -2.49. The van der Waals surface area contributed by atoms with Gasteiger partial charge in [-0.3, -0.25) is 9.59 Å². The van der Waals surface area contributed by atoms with E-state index in [2.05, 4.69) is 15.6 Å². The number of sulfonamides is 1. The Bertz CT molecular complexity index is 1100. The first-order chi connectivity index (χ1) is 15.9. The van der Waals surface area contributed by atoms with E-state index in [1.807, 2.05) is 0 Å². The van der Waals surface area contributed by atoms with E-state index >= 15 is 0 Å². The number of hydrogen-bond donors (Lipinski definition) is 2. The van der Waals surface area contributed by atoms with Crippen molar-refractivity contribution in [1.29, 1.82) is 0 Å². The van der Waals surface area contributed by atoms with Gasteiger partial charge in [-0.2, -0.15) is 4.31 Å². The van der Waals surface area contributed by atoms with E-state index in [9.17, 15) is 18.0 Å². The van der Waals surface area contributed by atoms with Crippen LogP contribution >= 0.6 is 0 Å². The van der Waals surface area contributed by atoms with Crippen molar-refractivity contribution in [3.05, 3.63) is 48.2 Å². The molecule has 2 aromatic rings. The number of anilines is 1. The molecule has 1 aliphatic heterocycles. The summed E-state index contributed by atoms with van der Waals surface area (Å²) in [4.78, 5) is 28.6. The van der Waals surface area contributed by atoms with Gasteiger partial charge in [0, 0.05) is 24.8 Å². The van der Waals surface area contributed by atoms with Crippen LogP contribution in [-0.4, -0.2) is 55.8 Å². The van der Waals surface area contributed by atoms with Crippen molar-refractivity contribution < 1.29 is 22.7 Å². The molecule has 1 saturated carbocycles. The Morgan fingerprint density at radius 1 is 1.15 bits per heavy atom. The third kappa shape index (κ3) is 5.69. The van der Waals surface area contributed by atoms with Crippen LogP contribution in [0.4, 0.5) is 5.82 Å². The maximum absolute atomic E-state index is 12.8. The van der Waals surface area contributed by atoms with E-state index < -0.39 is 15.9 Å². The molecule has 0 bridgehead atoms. The molecule has 2 amide bonds. The molecule has 176 valence electrons. The average Bonchev–Trinajstić information content (AvgIpc) is 2.84. The predicted molar refractivity (Wildman–Crippen MR) is 122 cm³/mol. The molecule has 10 heteroatoms. The maximum Gasteiger partial charge on any atom is 0.256 e. The number of nitrogens with zero attached hydrogens (tertiary/aromatic N) is 2. The van der Waals surface area contributed by atoms with Gasteiger partial charge in [0.05, 0.1) is 18.0 Å². The molecule has 0 atom stereocenters. The van der Waals surface area contributed by atoms with Crippen molar-refractivity contribution in [2.75, 3.05) is 31.6 Å². The lowest BCUT2D eigenvalue weighted by atomic mass is 9.90. The van der Waals surface area contributed by atoms with Crippen LogP contribution in [-0.2, 0) is 14.8 Å². The summed E-state index contributed by atoms with van der Waals surface area (Å²) in [5.41, 5.74) is 0.286. The minimum absolute atomic E-state index is 0.0306. The Balaban J connectivity index is 1.41. The number of piperazine rings is 1. The van der Waals surface area contributed by atoms with Crippen molar-refractivity contribution in [3.63, 3.8) is 0 Å². The number of nitrogens with one attached hydrogen (secondary N) is 2. The van der Waals surface area contributed by atoms with E-state index in [-0.39, 0.29) is 36.0 Å². The first kappa shape index (κ1) is 23.2. The zero-order valence-electron chi connectivity index (χ0n) is 18.3. The zero-order chi connectivity index (χ0) is 23.3. The number of carbonyl (C=O) groups excluding carboxylic acids is 2. The summed E-state index contributed by atoms with van der Waals surface area (Å²) in [5.74, 6) is 0.603. The minimum atomic E-state index is -3.81. The van der Waals surface area contributed by atoms with Gasteiger partial charge in [0.1, 0.15) is 0 Å². The molecular weight excluding hydrogens is 444 g/mol. The third-order valence-corrected chi connectivity index (χ3v) is 7.82. The highest BCUT2D eigenvalue weighted by molar-refractivity contribution is 7.89. The molecule has 1 saturated heterocycles. The second kappa shape index (κ2) is 10.3. The summed E-state index contributed by atoms with van der Waals surface area (Å²) >= 11 is 0. The van der Waals surface area contributed by atoms with Crippen LogP contribution in [0, 0.1) is 5.92 Å². The van der Waals surface area contributed by atoms with Crippen LogP contribution in [0.15, 0.2) is 47.5 Å². The highest BCUT2D eigenvalue weighted by Crippen LogP contribution is 2.27. The SMILES string of the molecule is O=C1CN(S(=O)(=O)c2ccc(C(=O)Nc3ncccc3OCC3CCCCC3)cc2)CCN1. The van der Waals surface area contributed by atoms with Crippen LogP contribution < -0.4 is 15.4 Å². The topological polar surface area (TPSA) is 118 Å². The Labute approximate surface area is 193 Å². The van der Waals surface area contributed by atoms with Gasteiger partial charge in [0.25, 0.3) is 5.91 Å². The normalized spacial score (nSPS) is 17.9. The van der Waals surface area contributed by atoms with E-state index in [1.54, 1.807) is 18.3 Å². The molecule has 2 aliphatic rings. The smallest absolute Gasteiger partial charge is 0.256 e. The molecule has 9 nitrogen and oxygen atoms in total. The lowest BCUT2D eigenvalue weighted by Gasteiger charge is -2.25. The van der Waals surface area contributed by atoms with Gasteiger partial charge >= 0.3 is 0 Å². The Kier molecular flexibility index (Phi) is 7.24. The van der Waals surface area contributed by atoms with Crippen molar-refractivity contribution in [1.82, 2.24) is 14.6 Å². The number of rotatable bonds is 7. The highest BCUT2D eigenvalue weighted by Gasteiger charge is 2.29. The molecule has 2 N–H and O–H groups in total. The quantitative estimate of drug-likeness (QED) is 0.639. The number of benzene rings is 1. The average molecular weight is 473 g/mol. The van der Waals surface area contributed by atoms with E-state index in [0.29, 0.717) is 24.1 Å². The van der Waals surface area contributed by atoms with Crippen molar-refractivity contribution in [3.8, 4) is 5.75 Å². The fraction of sp³-hybridized carbons (Fsp3) is 0.435. The Morgan fingerprint density at radius 2 is 1.91 bits per heavy atom. The van der Waals surface area contributed by atoms with E-state index in [0.717, 1.165) is 17.1 Å². The summed E-state index contributed by atoms with van der Waals surface area (Å²) in [6.07, 6.45) is 7.60. The van der Waals surface area contributed by atoms with Gasteiger partial charge in [-0.05, 0) is 55.2 Å². The summed E-state index contributed by atoms with van der Waals surface area (Å²) in [5, 5.41) is 5.35. The molecule has 0 unspecified atom stereocenters. The highest BCUT2D eigenvalue weighted by atomic mass is 32.2. The fourth-order valence-corrected chi connectivity index (χ4v) is 5.49. The van der Waals surface area contributed by atoms with E-state index in [1.165, 1.54) is 43.5 Å². The number of ether oxygens (including phenoxy) is 1. The summed E-state index contributed by atoms with van der Waals surface area (Å²) in [6, 6.07) is 9.16. The maximum atomic E-state index is 12.8. The monoisotopic (exact) mass is 472 g/mol. The molecule has 33 heavy (non-hydrogen) atoms. The Morgan fingerprint density at radius 3 is 2.64 bits per heavy atom. The van der Waals surface area contributed by atoms with Crippen LogP contribution in [0.25, 0.3) is 0 Å². The van der Waals surface area contributed by atoms with Crippen molar-refractivity contribution in [2.24, 2.45) is 5.92 Å². The third-order valence-electron chi connectivity index (χ3n) is 5.96. The van der Waals surface area contributed by atoms with Crippen LogP contribution in [0.1, 0.15) is 42.5 Å². The van der Waals surface area contributed by atoms with Gasteiger partial charge in [0.15, 0.2) is 11.6 Å². The molecular formula is C23H28N4O5S. The fourth-order valence-electron chi connectivity index (χ4n) is 4.09. The first-order valence-corrected chi connectivity index (χ1v) is 12.6. The van der Waals surface area contributed by atoms with Crippen LogP contribution in [0.5, 0.6) is 5.75 Å². The molecule has 0 spiro atoms. The molecule has 2 fully saturated rings. The number of amides is 2. The zero-order valence-corrected chi connectivity index (χ0v) is 19.1. The number of aromatic nitrogens is 1.